The molecule has 0 aromatic heterocycles. The van der Waals surface area contributed by atoms with E-state index in [1.165, 1.54) is 12.1 Å². The van der Waals surface area contributed by atoms with Gasteiger partial charge in [0.2, 0.25) is 5.82 Å². The first-order chi connectivity index (χ1) is 9.49. The van der Waals surface area contributed by atoms with Crippen molar-refractivity contribution >= 4 is 21.6 Å². The molecule has 2 aromatic rings. The zero-order chi connectivity index (χ0) is 14.7. The van der Waals surface area contributed by atoms with Crippen LogP contribution in [0.1, 0.15) is 5.56 Å². The number of hydrogen-bond acceptors (Lipinski definition) is 4. The third kappa shape index (κ3) is 3.10. The molecule has 0 fully saturated rings. The number of nitriles is 1. The first-order valence-electron chi connectivity index (χ1n) is 5.32. The Morgan fingerprint density at radius 3 is 2.60 bits per heavy atom. The lowest BCUT2D eigenvalue weighted by Gasteiger charge is -2.06. The second-order valence-electron chi connectivity index (χ2n) is 3.76. The molecule has 0 atom stereocenters. The van der Waals surface area contributed by atoms with Crippen LogP contribution in [-0.4, -0.2) is 4.92 Å². The van der Waals surface area contributed by atoms with Crippen molar-refractivity contribution in [2.24, 2.45) is 0 Å². The van der Waals surface area contributed by atoms with Crippen LogP contribution in [0.15, 0.2) is 40.9 Å². The van der Waals surface area contributed by atoms with Crippen molar-refractivity contribution in [3.05, 3.63) is 62.4 Å². The first kappa shape index (κ1) is 14.0. The molecule has 0 spiro atoms. The Hall–Kier alpha value is -2.46. The SMILES string of the molecule is N#Cc1cc(Br)cc(Oc2ccc([N+](=O)[O-])c(F)c2)c1. The Morgan fingerprint density at radius 2 is 2.00 bits per heavy atom. The number of nitrogens with zero attached hydrogens (tertiary/aromatic N) is 2. The monoisotopic (exact) mass is 336 g/mol. The average Bonchev–Trinajstić information content (AvgIpc) is 2.37. The Morgan fingerprint density at radius 1 is 1.25 bits per heavy atom. The molecule has 0 N–H and O–H groups in total. The Bertz CT molecular complexity index is 728. The summed E-state index contributed by atoms with van der Waals surface area (Å²) in [6, 6.07) is 9.86. The average molecular weight is 337 g/mol. The fourth-order valence-electron chi connectivity index (χ4n) is 1.52. The second-order valence-corrected chi connectivity index (χ2v) is 4.68. The number of benzene rings is 2. The Kier molecular flexibility index (Phi) is 3.96. The fraction of sp³-hybridized carbons (Fsp3) is 0. The summed E-state index contributed by atoms with van der Waals surface area (Å²) in [5.41, 5.74) is -0.249. The molecular weight excluding hydrogens is 331 g/mol. The molecule has 0 aliphatic heterocycles. The van der Waals surface area contributed by atoms with Gasteiger partial charge >= 0.3 is 5.69 Å². The molecule has 100 valence electrons. The molecular formula is C13H6BrFN2O3. The van der Waals surface area contributed by atoms with Crippen molar-refractivity contribution in [3.8, 4) is 17.6 Å². The van der Waals surface area contributed by atoms with Crippen LogP contribution in [-0.2, 0) is 0 Å². The van der Waals surface area contributed by atoms with Gasteiger partial charge in [-0.2, -0.15) is 9.65 Å². The first-order valence-corrected chi connectivity index (χ1v) is 6.11. The van der Waals surface area contributed by atoms with Crippen LogP contribution in [0.4, 0.5) is 10.1 Å². The predicted octanol–water partition coefficient (Wildman–Crippen LogP) is 4.16. The summed E-state index contributed by atoms with van der Waals surface area (Å²) in [6.45, 7) is 0. The van der Waals surface area contributed by atoms with Gasteiger partial charge < -0.3 is 4.74 Å². The topological polar surface area (TPSA) is 76.2 Å². The summed E-state index contributed by atoms with van der Waals surface area (Å²) >= 11 is 3.22. The van der Waals surface area contributed by atoms with Crippen LogP contribution < -0.4 is 4.74 Å². The zero-order valence-electron chi connectivity index (χ0n) is 9.84. The number of nitro groups is 1. The Labute approximate surface area is 121 Å². The van der Waals surface area contributed by atoms with E-state index in [1.54, 1.807) is 12.1 Å². The van der Waals surface area contributed by atoms with Crippen LogP contribution in [0.25, 0.3) is 0 Å². The number of hydrogen-bond donors (Lipinski definition) is 0. The molecule has 0 aliphatic rings. The molecule has 5 nitrogen and oxygen atoms in total. The standard InChI is InChI=1S/C13H6BrFN2O3/c14-9-3-8(7-16)4-11(5-9)20-10-1-2-13(17(18)19)12(15)6-10/h1-6H. The normalized spacial score (nSPS) is 9.85. The molecule has 0 heterocycles. The number of ether oxygens (including phenoxy) is 1. The highest BCUT2D eigenvalue weighted by atomic mass is 79.9. The van der Waals surface area contributed by atoms with Crippen molar-refractivity contribution in [3.63, 3.8) is 0 Å². The summed E-state index contributed by atoms with van der Waals surface area (Å²) in [7, 11) is 0. The molecule has 0 saturated heterocycles. The third-order valence-corrected chi connectivity index (χ3v) is 2.81. The van der Waals surface area contributed by atoms with Gasteiger partial charge in [-0.3, -0.25) is 10.1 Å². The van der Waals surface area contributed by atoms with Crippen LogP contribution >= 0.6 is 15.9 Å². The Balaban J connectivity index is 2.31. The minimum Gasteiger partial charge on any atom is -0.457 e. The summed E-state index contributed by atoms with van der Waals surface area (Å²) in [6.07, 6.45) is 0. The summed E-state index contributed by atoms with van der Waals surface area (Å²) in [5.74, 6) is -0.553. The molecule has 0 amide bonds. The summed E-state index contributed by atoms with van der Waals surface area (Å²) < 4.78 is 19.5. The minimum absolute atomic E-state index is 0.107. The molecule has 0 radical (unpaired) electrons. The van der Waals surface area contributed by atoms with E-state index in [1.807, 2.05) is 6.07 Å². The van der Waals surface area contributed by atoms with E-state index in [-0.39, 0.29) is 5.75 Å². The van der Waals surface area contributed by atoms with Gasteiger partial charge in [0.15, 0.2) is 0 Å². The van der Waals surface area contributed by atoms with Crippen molar-refractivity contribution < 1.29 is 14.1 Å². The molecule has 0 bridgehead atoms. The highest BCUT2D eigenvalue weighted by molar-refractivity contribution is 9.10. The van der Waals surface area contributed by atoms with E-state index < -0.39 is 16.4 Å². The van der Waals surface area contributed by atoms with E-state index in [0.29, 0.717) is 15.8 Å². The molecule has 2 aromatic carbocycles. The second kappa shape index (κ2) is 5.67. The largest absolute Gasteiger partial charge is 0.457 e. The maximum Gasteiger partial charge on any atom is 0.305 e. The van der Waals surface area contributed by atoms with Gasteiger partial charge in [-0.25, -0.2) is 0 Å². The maximum absolute atomic E-state index is 13.4. The van der Waals surface area contributed by atoms with E-state index in [9.17, 15) is 14.5 Å². The van der Waals surface area contributed by atoms with E-state index >= 15 is 0 Å². The lowest BCUT2D eigenvalue weighted by Crippen LogP contribution is -1.93. The van der Waals surface area contributed by atoms with Crippen LogP contribution in [0.3, 0.4) is 0 Å². The van der Waals surface area contributed by atoms with Gasteiger partial charge in [0.25, 0.3) is 0 Å². The van der Waals surface area contributed by atoms with Crippen molar-refractivity contribution in [2.75, 3.05) is 0 Å². The third-order valence-electron chi connectivity index (χ3n) is 2.35. The summed E-state index contributed by atoms with van der Waals surface area (Å²) in [4.78, 5) is 9.69. The predicted molar refractivity (Wildman–Crippen MR) is 72.0 cm³/mol. The quantitative estimate of drug-likeness (QED) is 0.622. The highest BCUT2D eigenvalue weighted by Crippen LogP contribution is 2.29. The summed E-state index contributed by atoms with van der Waals surface area (Å²) in [5, 5.41) is 19.3. The van der Waals surface area contributed by atoms with E-state index in [2.05, 4.69) is 15.9 Å². The van der Waals surface area contributed by atoms with Gasteiger partial charge in [-0.15, -0.1) is 0 Å². The van der Waals surface area contributed by atoms with Gasteiger partial charge in [0.1, 0.15) is 11.5 Å². The van der Waals surface area contributed by atoms with Gasteiger partial charge in [0.05, 0.1) is 16.6 Å². The van der Waals surface area contributed by atoms with Crippen molar-refractivity contribution in [1.82, 2.24) is 0 Å². The number of nitro benzene ring substituents is 1. The van der Waals surface area contributed by atoms with Crippen molar-refractivity contribution in [2.45, 2.75) is 0 Å². The van der Waals surface area contributed by atoms with Gasteiger partial charge in [0, 0.05) is 16.6 Å². The van der Waals surface area contributed by atoms with Crippen LogP contribution in [0.2, 0.25) is 0 Å². The maximum atomic E-state index is 13.4. The lowest BCUT2D eigenvalue weighted by atomic mass is 10.2. The van der Waals surface area contributed by atoms with Crippen LogP contribution in [0.5, 0.6) is 11.5 Å². The molecule has 0 saturated carbocycles. The molecule has 2 rings (SSSR count). The molecule has 0 aliphatic carbocycles. The zero-order valence-corrected chi connectivity index (χ0v) is 11.4. The van der Waals surface area contributed by atoms with Gasteiger partial charge in [-0.05, 0) is 24.3 Å². The van der Waals surface area contributed by atoms with Crippen LogP contribution in [0, 0.1) is 27.3 Å². The molecule has 7 heteroatoms. The highest BCUT2D eigenvalue weighted by Gasteiger charge is 2.14. The number of halogens is 2. The van der Waals surface area contributed by atoms with E-state index in [0.717, 1.165) is 12.1 Å². The molecule has 0 unspecified atom stereocenters. The lowest BCUT2D eigenvalue weighted by molar-refractivity contribution is -0.387. The van der Waals surface area contributed by atoms with Gasteiger partial charge in [-0.1, -0.05) is 15.9 Å². The molecule has 20 heavy (non-hydrogen) atoms. The number of rotatable bonds is 3. The smallest absolute Gasteiger partial charge is 0.305 e. The minimum atomic E-state index is -0.983. The fourth-order valence-corrected chi connectivity index (χ4v) is 1.99. The van der Waals surface area contributed by atoms with E-state index in [4.69, 9.17) is 10.00 Å². The van der Waals surface area contributed by atoms with Crippen molar-refractivity contribution in [1.29, 1.82) is 5.26 Å².